The van der Waals surface area contributed by atoms with E-state index in [1.807, 2.05) is 11.6 Å². The van der Waals surface area contributed by atoms with E-state index >= 15 is 0 Å². The highest BCUT2D eigenvalue weighted by Gasteiger charge is 2.11. The van der Waals surface area contributed by atoms with Gasteiger partial charge in [-0.3, -0.25) is 0 Å². The largest absolute Gasteiger partial charge is 0.478 e. The molecule has 7 nitrogen and oxygen atoms in total. The zero-order valence-corrected chi connectivity index (χ0v) is 12.9. The molecule has 1 heterocycles. The number of carboxylic acid groups (broad SMARTS) is 2. The lowest BCUT2D eigenvalue weighted by Gasteiger charge is -2.07. The van der Waals surface area contributed by atoms with Crippen LogP contribution < -0.4 is 5.32 Å². The fraction of sp³-hybridized carbons (Fsp3) is 0.118. The summed E-state index contributed by atoms with van der Waals surface area (Å²) in [5.41, 5.74) is 2.67. The van der Waals surface area contributed by atoms with Crippen molar-refractivity contribution in [3.63, 3.8) is 0 Å². The Morgan fingerprint density at radius 3 is 2.29 bits per heavy atom. The Balaban J connectivity index is 1.81. The number of aromatic carboxylic acids is 2. The standard InChI is InChI=1S/C17H15N3O4/c1-20-14-7-4-11(17(23)24)8-13(14)19-15(20)9-18-12-5-2-10(3-6-12)16(21)22/h2-8,18H,9H2,1H3,(H,21,22)(H,23,24). The lowest BCUT2D eigenvalue weighted by atomic mass is 10.2. The Bertz CT molecular complexity index is 929. The van der Waals surface area contributed by atoms with E-state index in [4.69, 9.17) is 10.2 Å². The Kier molecular flexibility index (Phi) is 3.91. The van der Waals surface area contributed by atoms with Crippen molar-refractivity contribution in [3.05, 3.63) is 59.4 Å². The van der Waals surface area contributed by atoms with Crippen LogP contribution in [0.15, 0.2) is 42.5 Å². The molecule has 0 spiro atoms. The molecule has 0 aliphatic carbocycles. The summed E-state index contributed by atoms with van der Waals surface area (Å²) in [5, 5.41) is 21.1. The number of aromatic nitrogens is 2. The van der Waals surface area contributed by atoms with E-state index in [0.29, 0.717) is 12.1 Å². The molecule has 3 aromatic rings. The van der Waals surface area contributed by atoms with Crippen LogP contribution in [0.1, 0.15) is 26.5 Å². The molecule has 0 saturated heterocycles. The van der Waals surface area contributed by atoms with Crippen molar-refractivity contribution in [1.29, 1.82) is 0 Å². The predicted molar refractivity (Wildman–Crippen MR) is 88.4 cm³/mol. The van der Waals surface area contributed by atoms with Gasteiger partial charge in [-0.15, -0.1) is 0 Å². The first-order valence-electron chi connectivity index (χ1n) is 7.21. The van der Waals surface area contributed by atoms with Crippen LogP contribution in [-0.2, 0) is 13.6 Å². The number of anilines is 1. The van der Waals surface area contributed by atoms with Crippen molar-refractivity contribution in [2.45, 2.75) is 6.54 Å². The number of carboxylic acids is 2. The molecule has 0 atom stereocenters. The van der Waals surface area contributed by atoms with Crippen molar-refractivity contribution in [1.82, 2.24) is 9.55 Å². The second kappa shape index (κ2) is 6.04. The fourth-order valence-corrected chi connectivity index (χ4v) is 2.45. The minimum atomic E-state index is -0.985. The number of hydrogen-bond acceptors (Lipinski definition) is 4. The second-order valence-corrected chi connectivity index (χ2v) is 5.33. The highest BCUT2D eigenvalue weighted by molar-refractivity contribution is 5.92. The number of benzene rings is 2. The van der Waals surface area contributed by atoms with Crippen molar-refractivity contribution in [3.8, 4) is 0 Å². The van der Waals surface area contributed by atoms with E-state index in [2.05, 4.69) is 10.3 Å². The number of imidazole rings is 1. The van der Waals surface area contributed by atoms with Crippen molar-refractivity contribution in [2.75, 3.05) is 5.32 Å². The van der Waals surface area contributed by atoms with Gasteiger partial charge in [0.25, 0.3) is 0 Å². The molecule has 0 radical (unpaired) electrons. The maximum atomic E-state index is 11.0. The maximum absolute atomic E-state index is 11.0. The molecular formula is C17H15N3O4. The van der Waals surface area contributed by atoms with Crippen LogP contribution in [0.25, 0.3) is 11.0 Å². The van der Waals surface area contributed by atoms with E-state index < -0.39 is 11.9 Å². The summed E-state index contributed by atoms with van der Waals surface area (Å²) in [6.45, 7) is 0.431. The molecule has 3 rings (SSSR count). The lowest BCUT2D eigenvalue weighted by molar-refractivity contribution is 0.0686. The molecule has 1 aromatic heterocycles. The second-order valence-electron chi connectivity index (χ2n) is 5.33. The lowest BCUT2D eigenvalue weighted by Crippen LogP contribution is -2.06. The van der Waals surface area contributed by atoms with Gasteiger partial charge >= 0.3 is 11.9 Å². The minimum absolute atomic E-state index is 0.198. The van der Waals surface area contributed by atoms with Crippen LogP contribution in [0, 0.1) is 0 Å². The van der Waals surface area contributed by atoms with E-state index in [-0.39, 0.29) is 11.1 Å². The van der Waals surface area contributed by atoms with Gasteiger partial charge in [0.15, 0.2) is 0 Å². The average Bonchev–Trinajstić information content (AvgIpc) is 2.89. The first-order chi connectivity index (χ1) is 11.5. The number of carbonyl (C=O) groups is 2. The smallest absolute Gasteiger partial charge is 0.335 e. The minimum Gasteiger partial charge on any atom is -0.478 e. The number of nitrogens with zero attached hydrogens (tertiary/aromatic N) is 2. The van der Waals surface area contributed by atoms with E-state index in [0.717, 1.165) is 17.0 Å². The maximum Gasteiger partial charge on any atom is 0.335 e. The number of rotatable bonds is 5. The summed E-state index contributed by atoms with van der Waals surface area (Å²) in [7, 11) is 1.86. The van der Waals surface area contributed by atoms with Gasteiger partial charge < -0.3 is 20.1 Å². The summed E-state index contributed by atoms with van der Waals surface area (Å²) >= 11 is 0. The van der Waals surface area contributed by atoms with E-state index in [1.54, 1.807) is 30.3 Å². The van der Waals surface area contributed by atoms with Gasteiger partial charge in [-0.25, -0.2) is 14.6 Å². The summed E-state index contributed by atoms with van der Waals surface area (Å²) in [6.07, 6.45) is 0. The van der Waals surface area contributed by atoms with Gasteiger partial charge in [0.05, 0.1) is 28.7 Å². The monoisotopic (exact) mass is 325 g/mol. The zero-order valence-electron chi connectivity index (χ0n) is 12.9. The molecule has 2 aromatic carbocycles. The number of hydrogen-bond donors (Lipinski definition) is 3. The molecule has 7 heteroatoms. The van der Waals surface area contributed by atoms with Gasteiger partial charge in [-0.05, 0) is 42.5 Å². The van der Waals surface area contributed by atoms with E-state index in [9.17, 15) is 9.59 Å². The molecule has 0 fully saturated rings. The average molecular weight is 325 g/mol. The number of fused-ring (bicyclic) bond motifs is 1. The van der Waals surface area contributed by atoms with Gasteiger partial charge in [-0.1, -0.05) is 0 Å². The first-order valence-corrected chi connectivity index (χ1v) is 7.21. The molecular weight excluding hydrogens is 310 g/mol. The van der Waals surface area contributed by atoms with Crippen LogP contribution in [0.4, 0.5) is 5.69 Å². The fourth-order valence-electron chi connectivity index (χ4n) is 2.45. The molecule has 3 N–H and O–H groups in total. The topological polar surface area (TPSA) is 104 Å². The van der Waals surface area contributed by atoms with Crippen LogP contribution in [0.5, 0.6) is 0 Å². The van der Waals surface area contributed by atoms with Crippen molar-refractivity contribution >= 4 is 28.7 Å². The van der Waals surface area contributed by atoms with Crippen LogP contribution in [0.3, 0.4) is 0 Å². The van der Waals surface area contributed by atoms with Crippen LogP contribution in [-0.4, -0.2) is 31.7 Å². The van der Waals surface area contributed by atoms with Gasteiger partial charge in [0.2, 0.25) is 0 Å². The van der Waals surface area contributed by atoms with E-state index in [1.165, 1.54) is 12.1 Å². The summed E-state index contributed by atoms with van der Waals surface area (Å²) in [4.78, 5) is 26.3. The Hall–Kier alpha value is -3.35. The number of nitrogens with one attached hydrogen (secondary N) is 1. The third kappa shape index (κ3) is 2.91. The van der Waals surface area contributed by atoms with Gasteiger partial charge in [0, 0.05) is 12.7 Å². The Morgan fingerprint density at radius 1 is 1.04 bits per heavy atom. The van der Waals surface area contributed by atoms with Crippen LogP contribution in [0.2, 0.25) is 0 Å². The Morgan fingerprint density at radius 2 is 1.67 bits per heavy atom. The Labute approximate surface area is 137 Å². The molecule has 0 saturated carbocycles. The molecule has 0 aliphatic heterocycles. The van der Waals surface area contributed by atoms with Crippen LogP contribution >= 0.6 is 0 Å². The highest BCUT2D eigenvalue weighted by atomic mass is 16.4. The third-order valence-electron chi connectivity index (χ3n) is 3.80. The van der Waals surface area contributed by atoms with Gasteiger partial charge in [0.1, 0.15) is 5.82 Å². The molecule has 0 aliphatic rings. The third-order valence-corrected chi connectivity index (χ3v) is 3.80. The predicted octanol–water partition coefficient (Wildman–Crippen LogP) is 2.58. The van der Waals surface area contributed by atoms with Crippen molar-refractivity contribution < 1.29 is 19.8 Å². The first kappa shape index (κ1) is 15.5. The molecule has 0 bridgehead atoms. The summed E-state index contributed by atoms with van der Waals surface area (Å²) in [5.74, 6) is -1.21. The summed E-state index contributed by atoms with van der Waals surface area (Å²) in [6, 6.07) is 11.3. The zero-order chi connectivity index (χ0) is 17.3. The molecule has 24 heavy (non-hydrogen) atoms. The van der Waals surface area contributed by atoms with Crippen molar-refractivity contribution in [2.24, 2.45) is 7.05 Å². The molecule has 0 unspecified atom stereocenters. The highest BCUT2D eigenvalue weighted by Crippen LogP contribution is 2.18. The van der Waals surface area contributed by atoms with Gasteiger partial charge in [-0.2, -0.15) is 0 Å². The quantitative estimate of drug-likeness (QED) is 0.666. The molecule has 0 amide bonds. The number of aryl methyl sites for hydroxylation is 1. The normalized spacial score (nSPS) is 10.7. The molecule has 122 valence electrons. The SMILES string of the molecule is Cn1c(CNc2ccc(C(=O)O)cc2)nc2cc(C(=O)O)ccc21. The summed E-state index contributed by atoms with van der Waals surface area (Å²) < 4.78 is 1.89.